The molecular formula is C13H13ClF3. The van der Waals surface area contributed by atoms with Crippen molar-refractivity contribution in [1.82, 2.24) is 0 Å². The van der Waals surface area contributed by atoms with Crippen molar-refractivity contribution in [2.75, 3.05) is 0 Å². The standard InChI is InChI=1S/C13H13ClF3/c14-11-8-4-7-10(12(11)13(15,16)17)9-5-2-1-3-6-9/h4,7,9H,1-3,5-6H2. The Morgan fingerprint density at radius 3 is 2.41 bits per heavy atom. The van der Waals surface area contributed by atoms with Crippen LogP contribution in [0.25, 0.3) is 0 Å². The first-order valence-corrected chi connectivity index (χ1v) is 6.15. The van der Waals surface area contributed by atoms with Crippen LogP contribution >= 0.6 is 11.6 Å². The predicted octanol–water partition coefficient (Wildman–Crippen LogP) is 5.21. The van der Waals surface area contributed by atoms with E-state index < -0.39 is 11.7 Å². The van der Waals surface area contributed by atoms with Gasteiger partial charge in [-0.3, -0.25) is 0 Å². The van der Waals surface area contributed by atoms with Crippen LogP contribution in [0.2, 0.25) is 5.02 Å². The van der Waals surface area contributed by atoms with Crippen molar-refractivity contribution in [2.45, 2.75) is 44.2 Å². The molecular weight excluding hydrogens is 249 g/mol. The van der Waals surface area contributed by atoms with Crippen LogP contribution in [0.5, 0.6) is 0 Å². The van der Waals surface area contributed by atoms with Gasteiger partial charge in [0.05, 0.1) is 10.6 Å². The molecule has 17 heavy (non-hydrogen) atoms. The van der Waals surface area contributed by atoms with Crippen LogP contribution in [0.3, 0.4) is 0 Å². The monoisotopic (exact) mass is 261 g/mol. The van der Waals surface area contributed by atoms with Gasteiger partial charge in [-0.05, 0) is 24.3 Å². The van der Waals surface area contributed by atoms with Crippen molar-refractivity contribution >= 4 is 11.6 Å². The minimum absolute atomic E-state index is 0.00697. The summed E-state index contributed by atoms with van der Waals surface area (Å²) in [5.74, 6) is -0.00697. The molecule has 4 heteroatoms. The lowest BCUT2D eigenvalue weighted by Crippen LogP contribution is -2.14. The van der Waals surface area contributed by atoms with Crippen LogP contribution in [0.4, 0.5) is 13.2 Å². The Morgan fingerprint density at radius 1 is 1.18 bits per heavy atom. The first-order chi connectivity index (χ1) is 8.00. The number of hydrogen-bond donors (Lipinski definition) is 0. The zero-order valence-corrected chi connectivity index (χ0v) is 10.0. The minimum atomic E-state index is -4.39. The van der Waals surface area contributed by atoms with Gasteiger partial charge in [-0.15, -0.1) is 0 Å². The zero-order valence-electron chi connectivity index (χ0n) is 9.28. The van der Waals surface area contributed by atoms with Gasteiger partial charge in [-0.25, -0.2) is 0 Å². The van der Waals surface area contributed by atoms with Gasteiger partial charge in [0.25, 0.3) is 0 Å². The van der Waals surface area contributed by atoms with Crippen molar-refractivity contribution in [1.29, 1.82) is 0 Å². The normalized spacial score (nSPS) is 18.4. The first kappa shape index (κ1) is 12.7. The molecule has 0 aromatic heterocycles. The molecule has 0 bridgehead atoms. The second kappa shape index (κ2) is 4.89. The van der Waals surface area contributed by atoms with E-state index >= 15 is 0 Å². The van der Waals surface area contributed by atoms with Crippen molar-refractivity contribution in [3.8, 4) is 0 Å². The Labute approximate surface area is 104 Å². The highest BCUT2D eigenvalue weighted by Crippen LogP contribution is 2.43. The van der Waals surface area contributed by atoms with Gasteiger partial charge < -0.3 is 0 Å². The van der Waals surface area contributed by atoms with Gasteiger partial charge in [0.15, 0.2) is 0 Å². The zero-order chi connectivity index (χ0) is 12.5. The third-order valence-electron chi connectivity index (χ3n) is 3.31. The molecule has 0 saturated heterocycles. The second-order valence-electron chi connectivity index (χ2n) is 4.45. The maximum Gasteiger partial charge on any atom is 0.418 e. The van der Waals surface area contributed by atoms with Crippen molar-refractivity contribution < 1.29 is 13.2 Å². The summed E-state index contributed by atoms with van der Waals surface area (Å²) in [4.78, 5) is 0. The highest BCUT2D eigenvalue weighted by molar-refractivity contribution is 6.31. The predicted molar refractivity (Wildman–Crippen MR) is 61.1 cm³/mol. The molecule has 0 unspecified atom stereocenters. The summed E-state index contributed by atoms with van der Waals surface area (Å²) in [6, 6.07) is 5.44. The Kier molecular flexibility index (Phi) is 3.67. The van der Waals surface area contributed by atoms with Crippen LogP contribution in [-0.2, 0) is 6.18 Å². The topological polar surface area (TPSA) is 0 Å². The molecule has 0 nitrogen and oxygen atoms in total. The Morgan fingerprint density at radius 2 is 1.82 bits per heavy atom. The maximum atomic E-state index is 13.0. The van der Waals surface area contributed by atoms with Gasteiger partial charge in [0.1, 0.15) is 0 Å². The summed E-state index contributed by atoms with van der Waals surface area (Å²) in [5, 5.41) is -0.305. The summed E-state index contributed by atoms with van der Waals surface area (Å²) in [6.07, 6.45) is 0.370. The largest absolute Gasteiger partial charge is 0.418 e. The average molecular weight is 262 g/mol. The third kappa shape index (κ3) is 2.76. The average Bonchev–Trinajstić information content (AvgIpc) is 2.28. The summed E-state index contributed by atoms with van der Waals surface area (Å²) in [5.41, 5.74) is -0.338. The Bertz CT molecular complexity index is 392. The summed E-state index contributed by atoms with van der Waals surface area (Å²) < 4.78 is 38.9. The quantitative estimate of drug-likeness (QED) is 0.651. The molecule has 1 radical (unpaired) electrons. The molecule has 1 saturated carbocycles. The van der Waals surface area contributed by atoms with E-state index in [1.54, 1.807) is 0 Å². The fourth-order valence-electron chi connectivity index (χ4n) is 2.53. The van der Waals surface area contributed by atoms with Gasteiger partial charge in [-0.2, -0.15) is 13.2 Å². The molecule has 2 rings (SSSR count). The molecule has 1 fully saturated rings. The lowest BCUT2D eigenvalue weighted by Gasteiger charge is -2.25. The molecule has 1 aliphatic carbocycles. The van der Waals surface area contributed by atoms with E-state index in [0.29, 0.717) is 5.56 Å². The first-order valence-electron chi connectivity index (χ1n) is 5.77. The molecule has 0 spiro atoms. The van der Waals surface area contributed by atoms with Crippen molar-refractivity contribution in [3.05, 3.63) is 34.3 Å². The van der Waals surface area contributed by atoms with Gasteiger partial charge in [-0.1, -0.05) is 43.0 Å². The number of benzene rings is 1. The molecule has 1 aromatic rings. The number of halogens is 4. The molecule has 0 amide bonds. The number of rotatable bonds is 1. The molecule has 0 N–H and O–H groups in total. The summed E-state index contributed by atoms with van der Waals surface area (Å²) in [7, 11) is 0. The van der Waals surface area contributed by atoms with Crippen molar-refractivity contribution in [3.63, 3.8) is 0 Å². The smallest absolute Gasteiger partial charge is 0.166 e. The van der Waals surface area contributed by atoms with E-state index in [2.05, 4.69) is 6.07 Å². The molecule has 93 valence electrons. The van der Waals surface area contributed by atoms with Crippen LogP contribution < -0.4 is 0 Å². The van der Waals surface area contributed by atoms with Crippen molar-refractivity contribution in [2.24, 2.45) is 0 Å². The van der Waals surface area contributed by atoms with Crippen LogP contribution in [0.15, 0.2) is 12.1 Å². The fraction of sp³-hybridized carbons (Fsp3) is 0.538. The van der Waals surface area contributed by atoms with E-state index in [1.165, 1.54) is 12.1 Å². The third-order valence-corrected chi connectivity index (χ3v) is 3.61. The number of alkyl halides is 3. The highest BCUT2D eigenvalue weighted by Gasteiger charge is 2.37. The molecule has 1 aliphatic rings. The molecule has 0 atom stereocenters. The van der Waals surface area contributed by atoms with Crippen LogP contribution in [-0.4, -0.2) is 0 Å². The lowest BCUT2D eigenvalue weighted by atomic mass is 9.82. The van der Waals surface area contributed by atoms with Gasteiger partial charge >= 0.3 is 6.18 Å². The second-order valence-corrected chi connectivity index (χ2v) is 4.83. The van der Waals surface area contributed by atoms with E-state index in [4.69, 9.17) is 11.6 Å². The Balaban J connectivity index is 2.42. The minimum Gasteiger partial charge on any atom is -0.166 e. The van der Waals surface area contributed by atoms with Gasteiger partial charge in [0, 0.05) is 6.07 Å². The van der Waals surface area contributed by atoms with Crippen LogP contribution in [0, 0.1) is 6.07 Å². The molecule has 0 aliphatic heterocycles. The van der Waals surface area contributed by atoms with Crippen LogP contribution in [0.1, 0.15) is 49.1 Å². The lowest BCUT2D eigenvalue weighted by molar-refractivity contribution is -0.138. The van der Waals surface area contributed by atoms with E-state index in [9.17, 15) is 13.2 Å². The molecule has 0 heterocycles. The van der Waals surface area contributed by atoms with E-state index in [0.717, 1.165) is 32.1 Å². The highest BCUT2D eigenvalue weighted by atomic mass is 35.5. The molecule has 1 aromatic carbocycles. The number of hydrogen-bond acceptors (Lipinski definition) is 0. The van der Waals surface area contributed by atoms with E-state index in [1.807, 2.05) is 0 Å². The Hall–Kier alpha value is -0.700. The maximum absolute atomic E-state index is 13.0. The van der Waals surface area contributed by atoms with Gasteiger partial charge in [0.2, 0.25) is 0 Å². The summed E-state index contributed by atoms with van der Waals surface area (Å²) in [6.45, 7) is 0. The van der Waals surface area contributed by atoms with E-state index in [-0.39, 0.29) is 10.9 Å². The fourth-order valence-corrected chi connectivity index (χ4v) is 2.81. The summed E-state index contributed by atoms with van der Waals surface area (Å²) >= 11 is 5.66. The SMILES string of the molecule is FC(F)(F)c1c(Cl)[c]ccc1C1CCCCC1.